The minimum Gasteiger partial charge on any atom is -0.468 e. The van der Waals surface area contributed by atoms with E-state index in [0.717, 1.165) is 22.7 Å². The number of nitrogen functional groups attached to an aromatic ring is 2. The average Bonchev–Trinajstić information content (AvgIpc) is 2.76. The molecule has 0 bridgehead atoms. The summed E-state index contributed by atoms with van der Waals surface area (Å²) in [5.41, 5.74) is 14.0. The van der Waals surface area contributed by atoms with Crippen molar-refractivity contribution < 1.29 is 4.42 Å². The fourth-order valence-corrected chi connectivity index (χ4v) is 1.51. The van der Waals surface area contributed by atoms with Gasteiger partial charge in [0.25, 0.3) is 0 Å². The van der Waals surface area contributed by atoms with Crippen LogP contribution in [0.2, 0.25) is 0 Å². The van der Waals surface area contributed by atoms with E-state index in [1.165, 1.54) is 0 Å². The van der Waals surface area contributed by atoms with Gasteiger partial charge in [-0.05, 0) is 35.9 Å². The smallest absolute Gasteiger partial charge is 0.117 e. The van der Waals surface area contributed by atoms with E-state index in [4.69, 9.17) is 15.9 Å². The van der Waals surface area contributed by atoms with Crippen molar-refractivity contribution in [2.24, 2.45) is 0 Å². The molecule has 0 atom stereocenters. The first-order valence-electron chi connectivity index (χ1n) is 5.12. The van der Waals surface area contributed by atoms with Crippen molar-refractivity contribution in [3.05, 3.63) is 47.9 Å². The highest BCUT2D eigenvalue weighted by molar-refractivity contribution is 5.55. The molecule has 84 valence electrons. The van der Waals surface area contributed by atoms with E-state index in [2.05, 4.69) is 5.32 Å². The summed E-state index contributed by atoms with van der Waals surface area (Å²) < 4.78 is 5.21. The van der Waals surface area contributed by atoms with Crippen molar-refractivity contribution in [2.75, 3.05) is 11.5 Å². The maximum Gasteiger partial charge on any atom is 0.117 e. The zero-order valence-corrected chi connectivity index (χ0v) is 8.94. The number of nitrogens with one attached hydrogen (secondary N) is 1. The van der Waals surface area contributed by atoms with E-state index in [1.807, 2.05) is 24.3 Å². The van der Waals surface area contributed by atoms with Gasteiger partial charge in [-0.15, -0.1) is 0 Å². The quantitative estimate of drug-likeness (QED) is 0.682. The number of benzene rings is 1. The third-order valence-corrected chi connectivity index (χ3v) is 2.36. The summed E-state index contributed by atoms with van der Waals surface area (Å²) in [7, 11) is 0. The summed E-state index contributed by atoms with van der Waals surface area (Å²) in [6.07, 6.45) is 1.66. The van der Waals surface area contributed by atoms with Crippen LogP contribution in [0.1, 0.15) is 11.3 Å². The lowest BCUT2D eigenvalue weighted by molar-refractivity contribution is 0.483. The van der Waals surface area contributed by atoms with Gasteiger partial charge in [-0.1, -0.05) is 0 Å². The second-order valence-corrected chi connectivity index (χ2v) is 3.64. The Labute approximate surface area is 94.2 Å². The molecule has 0 spiro atoms. The predicted molar refractivity (Wildman–Crippen MR) is 64.5 cm³/mol. The maximum absolute atomic E-state index is 5.83. The number of hydrogen-bond acceptors (Lipinski definition) is 4. The first-order chi connectivity index (χ1) is 7.75. The van der Waals surface area contributed by atoms with Gasteiger partial charge in [0.15, 0.2) is 0 Å². The van der Waals surface area contributed by atoms with Crippen LogP contribution in [0, 0.1) is 0 Å². The molecule has 0 amide bonds. The molecule has 0 saturated carbocycles. The Hall–Kier alpha value is -1.94. The van der Waals surface area contributed by atoms with Crippen LogP contribution in [0.4, 0.5) is 11.4 Å². The number of nitrogens with two attached hydrogens (primary N) is 2. The van der Waals surface area contributed by atoms with Gasteiger partial charge in [0.05, 0.1) is 12.8 Å². The van der Waals surface area contributed by atoms with Crippen molar-refractivity contribution in [3.63, 3.8) is 0 Å². The van der Waals surface area contributed by atoms with Gasteiger partial charge < -0.3 is 21.2 Å². The molecule has 4 heteroatoms. The average molecular weight is 217 g/mol. The summed E-state index contributed by atoms with van der Waals surface area (Å²) in [4.78, 5) is 0. The molecular weight excluding hydrogens is 202 g/mol. The van der Waals surface area contributed by atoms with Crippen LogP contribution in [0.15, 0.2) is 41.0 Å². The summed E-state index contributed by atoms with van der Waals surface area (Å²) in [5, 5.41) is 3.24. The topological polar surface area (TPSA) is 77.2 Å². The van der Waals surface area contributed by atoms with E-state index in [-0.39, 0.29) is 0 Å². The highest BCUT2D eigenvalue weighted by Crippen LogP contribution is 2.15. The SMILES string of the molecule is Nc1ccc(N)c(CNCc2ccco2)c1. The second-order valence-electron chi connectivity index (χ2n) is 3.64. The monoisotopic (exact) mass is 217 g/mol. The fraction of sp³-hybridized carbons (Fsp3) is 0.167. The Balaban J connectivity index is 1.92. The zero-order valence-electron chi connectivity index (χ0n) is 8.94. The molecule has 2 aromatic rings. The van der Waals surface area contributed by atoms with E-state index >= 15 is 0 Å². The lowest BCUT2D eigenvalue weighted by Crippen LogP contribution is -2.13. The van der Waals surface area contributed by atoms with Gasteiger partial charge in [-0.3, -0.25) is 0 Å². The normalized spacial score (nSPS) is 10.5. The summed E-state index contributed by atoms with van der Waals surface area (Å²) in [5.74, 6) is 0.905. The molecule has 1 aromatic heterocycles. The van der Waals surface area contributed by atoms with Crippen LogP contribution in [0.3, 0.4) is 0 Å². The van der Waals surface area contributed by atoms with E-state index in [1.54, 1.807) is 12.3 Å². The van der Waals surface area contributed by atoms with Crippen LogP contribution in [-0.2, 0) is 13.1 Å². The van der Waals surface area contributed by atoms with E-state index in [0.29, 0.717) is 13.1 Å². The van der Waals surface area contributed by atoms with Gasteiger partial charge in [0, 0.05) is 17.9 Å². The Morgan fingerprint density at radius 3 is 2.75 bits per heavy atom. The Bertz CT molecular complexity index is 451. The molecule has 4 nitrogen and oxygen atoms in total. The highest BCUT2D eigenvalue weighted by Gasteiger charge is 2.00. The fourth-order valence-electron chi connectivity index (χ4n) is 1.51. The predicted octanol–water partition coefficient (Wildman–Crippen LogP) is 1.73. The molecule has 0 aliphatic rings. The molecular formula is C12H15N3O. The molecule has 0 unspecified atom stereocenters. The Kier molecular flexibility index (Phi) is 3.12. The lowest BCUT2D eigenvalue weighted by atomic mass is 10.1. The van der Waals surface area contributed by atoms with Gasteiger partial charge in [0.1, 0.15) is 5.76 Å². The Morgan fingerprint density at radius 1 is 1.12 bits per heavy atom. The molecule has 1 heterocycles. The molecule has 0 saturated heterocycles. The van der Waals surface area contributed by atoms with Crippen molar-refractivity contribution in [3.8, 4) is 0 Å². The van der Waals surface area contributed by atoms with Gasteiger partial charge in [0.2, 0.25) is 0 Å². The first-order valence-corrected chi connectivity index (χ1v) is 5.12. The zero-order chi connectivity index (χ0) is 11.4. The van der Waals surface area contributed by atoms with Crippen LogP contribution in [0.5, 0.6) is 0 Å². The van der Waals surface area contributed by atoms with Crippen LogP contribution in [-0.4, -0.2) is 0 Å². The van der Waals surface area contributed by atoms with Crippen molar-refractivity contribution in [2.45, 2.75) is 13.1 Å². The third kappa shape index (κ3) is 2.55. The molecule has 0 radical (unpaired) electrons. The Morgan fingerprint density at radius 2 is 2.00 bits per heavy atom. The molecule has 5 N–H and O–H groups in total. The van der Waals surface area contributed by atoms with E-state index in [9.17, 15) is 0 Å². The highest BCUT2D eigenvalue weighted by atomic mass is 16.3. The number of hydrogen-bond donors (Lipinski definition) is 3. The second kappa shape index (κ2) is 4.72. The van der Waals surface area contributed by atoms with Gasteiger partial charge in [-0.2, -0.15) is 0 Å². The first kappa shape index (κ1) is 10.6. The van der Waals surface area contributed by atoms with Crippen molar-refractivity contribution >= 4 is 11.4 Å². The standard InChI is InChI=1S/C12H15N3O/c13-10-3-4-12(14)9(6-10)7-15-8-11-2-1-5-16-11/h1-6,15H,7-8,13-14H2. The minimum absolute atomic E-state index is 0.678. The van der Waals surface area contributed by atoms with Crippen LogP contribution >= 0.6 is 0 Å². The lowest BCUT2D eigenvalue weighted by Gasteiger charge is -2.07. The summed E-state index contributed by atoms with van der Waals surface area (Å²) in [6, 6.07) is 9.29. The summed E-state index contributed by atoms with van der Waals surface area (Å²) >= 11 is 0. The van der Waals surface area contributed by atoms with Gasteiger partial charge in [-0.25, -0.2) is 0 Å². The van der Waals surface area contributed by atoms with Crippen molar-refractivity contribution in [1.82, 2.24) is 5.32 Å². The minimum atomic E-state index is 0.678. The molecule has 0 fully saturated rings. The van der Waals surface area contributed by atoms with Gasteiger partial charge >= 0.3 is 0 Å². The van der Waals surface area contributed by atoms with Crippen LogP contribution in [0.25, 0.3) is 0 Å². The molecule has 0 aliphatic carbocycles. The molecule has 16 heavy (non-hydrogen) atoms. The largest absolute Gasteiger partial charge is 0.468 e. The molecule has 2 rings (SSSR count). The van der Waals surface area contributed by atoms with Crippen molar-refractivity contribution in [1.29, 1.82) is 0 Å². The third-order valence-electron chi connectivity index (χ3n) is 2.36. The van der Waals surface area contributed by atoms with E-state index < -0.39 is 0 Å². The molecule has 0 aliphatic heterocycles. The number of rotatable bonds is 4. The number of furan rings is 1. The number of anilines is 2. The summed E-state index contributed by atoms with van der Waals surface area (Å²) in [6.45, 7) is 1.36. The molecule has 1 aromatic carbocycles. The van der Waals surface area contributed by atoms with Crippen LogP contribution < -0.4 is 16.8 Å². The maximum atomic E-state index is 5.83.